The van der Waals surface area contributed by atoms with Gasteiger partial charge in [-0.2, -0.15) is 0 Å². The summed E-state index contributed by atoms with van der Waals surface area (Å²) in [5.74, 6) is -0.433. The van der Waals surface area contributed by atoms with E-state index in [2.05, 4.69) is 33.9 Å². The number of nitrogens with zero attached hydrogens (tertiary/aromatic N) is 1. The van der Waals surface area contributed by atoms with Crippen molar-refractivity contribution in [2.45, 2.75) is 70.5 Å². The van der Waals surface area contributed by atoms with Gasteiger partial charge < -0.3 is 18.8 Å². The summed E-state index contributed by atoms with van der Waals surface area (Å²) in [5.41, 5.74) is 0.925. The maximum Gasteiger partial charge on any atom is 0.410 e. The molecule has 0 radical (unpaired) electrons. The Morgan fingerprint density at radius 3 is 2.43 bits per heavy atom. The number of esters is 1. The first-order valence-corrected chi connectivity index (χ1v) is 12.7. The minimum atomic E-state index is -2.23. The maximum atomic E-state index is 12.7. The number of likely N-dealkylation sites (tertiary alicyclic amines) is 1. The fraction of sp³-hybridized carbons (Fsp3) is 0.619. The van der Waals surface area contributed by atoms with Gasteiger partial charge in [0.05, 0.1) is 13.2 Å². The van der Waals surface area contributed by atoms with Gasteiger partial charge in [0.1, 0.15) is 6.61 Å². The number of carbonyl (C=O) groups is 2. The second-order valence-electron chi connectivity index (χ2n) is 8.77. The Balaban J connectivity index is 2.13. The number of rotatable bonds is 6. The van der Waals surface area contributed by atoms with Crippen LogP contribution in [0.4, 0.5) is 4.79 Å². The summed E-state index contributed by atoms with van der Waals surface area (Å²) in [5, 5.41) is -0.0590. The molecule has 0 aliphatic carbocycles. The number of carbonyl (C=O) groups excluding carboxylic acids is 2. The highest BCUT2D eigenvalue weighted by Crippen LogP contribution is 2.39. The Morgan fingerprint density at radius 2 is 1.86 bits per heavy atom. The van der Waals surface area contributed by atoms with Crippen LogP contribution in [0.15, 0.2) is 30.3 Å². The lowest BCUT2D eigenvalue weighted by molar-refractivity contribution is -0.152. The van der Waals surface area contributed by atoms with Gasteiger partial charge in [0.25, 0.3) is 0 Å². The predicted octanol–water partition coefficient (Wildman–Crippen LogP) is 4.35. The molecule has 156 valence electrons. The third-order valence-corrected chi connectivity index (χ3v) is 10.2. The van der Waals surface area contributed by atoms with Crippen LogP contribution in [-0.2, 0) is 25.3 Å². The van der Waals surface area contributed by atoms with Crippen molar-refractivity contribution in [1.82, 2.24) is 4.90 Å². The molecular formula is C21H33NO5Si. The van der Waals surface area contributed by atoms with Crippen molar-refractivity contribution < 1.29 is 23.5 Å². The summed E-state index contributed by atoms with van der Waals surface area (Å²) in [6.45, 7) is 11.3. The second-order valence-corrected chi connectivity index (χ2v) is 13.5. The van der Waals surface area contributed by atoms with Gasteiger partial charge in [0, 0.05) is 6.54 Å². The summed E-state index contributed by atoms with van der Waals surface area (Å²) in [7, 11) is -0.871. The lowest BCUT2D eigenvalue weighted by Gasteiger charge is -2.41. The highest BCUT2D eigenvalue weighted by Gasteiger charge is 2.47. The van der Waals surface area contributed by atoms with E-state index < -0.39 is 26.5 Å². The number of hydrogen-bond donors (Lipinski definition) is 0. The zero-order valence-electron chi connectivity index (χ0n) is 17.9. The Bertz CT molecular complexity index is 671. The van der Waals surface area contributed by atoms with Crippen molar-refractivity contribution in [2.75, 3.05) is 13.7 Å². The van der Waals surface area contributed by atoms with Crippen LogP contribution in [0.1, 0.15) is 39.2 Å². The number of ether oxygens (including phenoxy) is 2. The first-order valence-electron chi connectivity index (χ1n) is 9.80. The third kappa shape index (κ3) is 5.35. The minimum absolute atomic E-state index is 0.0590. The first kappa shape index (κ1) is 22.4. The third-order valence-electron chi connectivity index (χ3n) is 5.75. The molecule has 2 rings (SSSR count). The lowest BCUT2D eigenvalue weighted by Crippen LogP contribution is -2.54. The van der Waals surface area contributed by atoms with Gasteiger partial charge in [0.2, 0.25) is 0 Å². The highest BCUT2D eigenvalue weighted by molar-refractivity contribution is 6.74. The summed E-state index contributed by atoms with van der Waals surface area (Å²) in [6, 6.07) is 9.18. The standard InChI is InChI=1S/C21H33NO5Si/c1-21(2,3)28(5,6)27-18(19(23)25-4)17-13-10-14-22(17)20(24)26-15-16-11-8-7-9-12-16/h7-9,11-12,17-18H,10,13-15H2,1-6H3/t17-,18?/m0/s1. The molecule has 1 aromatic carbocycles. The van der Waals surface area contributed by atoms with Crippen molar-refractivity contribution in [3.8, 4) is 0 Å². The number of methoxy groups -OCH3 is 1. The molecule has 0 spiro atoms. The molecule has 1 heterocycles. The summed E-state index contributed by atoms with van der Waals surface area (Å²) < 4.78 is 16.9. The molecule has 1 saturated heterocycles. The lowest BCUT2D eigenvalue weighted by atomic mass is 10.1. The average molecular weight is 408 g/mol. The Morgan fingerprint density at radius 1 is 1.21 bits per heavy atom. The van der Waals surface area contributed by atoms with Crippen LogP contribution in [0.5, 0.6) is 0 Å². The van der Waals surface area contributed by atoms with Gasteiger partial charge in [-0.25, -0.2) is 9.59 Å². The van der Waals surface area contributed by atoms with E-state index in [1.807, 2.05) is 30.3 Å². The molecular weight excluding hydrogens is 374 g/mol. The van der Waals surface area contributed by atoms with Gasteiger partial charge in [-0.05, 0) is 36.5 Å². The predicted molar refractivity (Wildman–Crippen MR) is 110 cm³/mol. The zero-order chi connectivity index (χ0) is 20.9. The van der Waals surface area contributed by atoms with E-state index in [0.29, 0.717) is 13.0 Å². The van der Waals surface area contributed by atoms with Gasteiger partial charge in [-0.3, -0.25) is 0 Å². The number of hydrogen-bond acceptors (Lipinski definition) is 5. The molecule has 1 aliphatic heterocycles. The quantitative estimate of drug-likeness (QED) is 0.518. The van der Waals surface area contributed by atoms with E-state index in [1.165, 1.54) is 7.11 Å². The molecule has 0 saturated carbocycles. The Hall–Kier alpha value is -1.86. The number of benzene rings is 1. The van der Waals surface area contributed by atoms with E-state index >= 15 is 0 Å². The van der Waals surface area contributed by atoms with Crippen molar-refractivity contribution in [2.24, 2.45) is 0 Å². The first-order chi connectivity index (χ1) is 13.1. The van der Waals surface area contributed by atoms with E-state index in [9.17, 15) is 9.59 Å². The van der Waals surface area contributed by atoms with Crippen LogP contribution in [0.25, 0.3) is 0 Å². The smallest absolute Gasteiger partial charge is 0.410 e. The molecule has 28 heavy (non-hydrogen) atoms. The van der Waals surface area contributed by atoms with Crippen molar-refractivity contribution >= 4 is 20.4 Å². The summed E-state index contributed by atoms with van der Waals surface area (Å²) >= 11 is 0. The molecule has 1 aromatic rings. The zero-order valence-corrected chi connectivity index (χ0v) is 18.9. The van der Waals surface area contributed by atoms with Crippen LogP contribution >= 0.6 is 0 Å². The summed E-state index contributed by atoms with van der Waals surface area (Å²) in [6.07, 6.45) is 0.283. The van der Waals surface area contributed by atoms with Gasteiger partial charge in [-0.15, -0.1) is 0 Å². The molecule has 0 aromatic heterocycles. The summed E-state index contributed by atoms with van der Waals surface area (Å²) in [4.78, 5) is 26.9. The van der Waals surface area contributed by atoms with E-state index in [4.69, 9.17) is 13.9 Å². The Labute approximate surface area is 169 Å². The fourth-order valence-electron chi connectivity index (χ4n) is 3.03. The highest BCUT2D eigenvalue weighted by atomic mass is 28.4. The second kappa shape index (κ2) is 9.09. The molecule has 0 bridgehead atoms. The Kier molecular flexibility index (Phi) is 7.28. The van der Waals surface area contributed by atoms with Crippen LogP contribution in [0, 0.1) is 0 Å². The molecule has 1 amide bonds. The van der Waals surface area contributed by atoms with Gasteiger partial charge >= 0.3 is 12.1 Å². The van der Waals surface area contributed by atoms with Crippen molar-refractivity contribution in [3.05, 3.63) is 35.9 Å². The fourth-order valence-corrected chi connectivity index (χ4v) is 4.27. The van der Waals surface area contributed by atoms with Gasteiger partial charge in [-0.1, -0.05) is 51.1 Å². The minimum Gasteiger partial charge on any atom is -0.467 e. The normalized spacial score (nSPS) is 18.6. The van der Waals surface area contributed by atoms with E-state index in [1.54, 1.807) is 4.90 Å². The largest absolute Gasteiger partial charge is 0.467 e. The molecule has 1 aliphatic rings. The molecule has 1 fully saturated rings. The molecule has 2 atom stereocenters. The van der Waals surface area contributed by atoms with Crippen LogP contribution in [-0.4, -0.2) is 51.1 Å². The SMILES string of the molecule is COC(=O)C(O[Si](C)(C)C(C)(C)C)[C@@H]1CCCN1C(=O)OCc1ccccc1. The molecule has 7 heteroatoms. The molecule has 1 unspecified atom stereocenters. The monoisotopic (exact) mass is 407 g/mol. The average Bonchev–Trinajstić information content (AvgIpc) is 3.13. The van der Waals surface area contributed by atoms with E-state index in [-0.39, 0.29) is 17.7 Å². The topological polar surface area (TPSA) is 65.1 Å². The van der Waals surface area contributed by atoms with Crippen molar-refractivity contribution in [3.63, 3.8) is 0 Å². The van der Waals surface area contributed by atoms with Crippen molar-refractivity contribution in [1.29, 1.82) is 0 Å². The molecule has 6 nitrogen and oxygen atoms in total. The number of amides is 1. The van der Waals surface area contributed by atoms with Gasteiger partial charge in [0.15, 0.2) is 14.4 Å². The van der Waals surface area contributed by atoms with Crippen LogP contribution in [0.3, 0.4) is 0 Å². The maximum absolute atomic E-state index is 12.7. The molecule has 0 N–H and O–H groups in total. The van der Waals surface area contributed by atoms with Crippen LogP contribution in [0.2, 0.25) is 18.1 Å². The van der Waals surface area contributed by atoms with Crippen LogP contribution < -0.4 is 0 Å². The van der Waals surface area contributed by atoms with E-state index in [0.717, 1.165) is 12.0 Å².